The zero-order valence-electron chi connectivity index (χ0n) is 49.8. The Balaban J connectivity index is 4.36. The number of hydrogen-bond donors (Lipinski definition) is 0. The summed E-state index contributed by atoms with van der Waals surface area (Å²) in [5.41, 5.74) is 0. The number of quaternary nitrogens is 1. The van der Waals surface area contributed by atoms with Crippen LogP contribution in [0.3, 0.4) is 0 Å². The van der Waals surface area contributed by atoms with Crippen LogP contribution in [0.15, 0.2) is 122 Å². The number of carboxylic acid groups (broad SMARTS) is 1. The minimum atomic E-state index is -1.64. The van der Waals surface area contributed by atoms with Crippen molar-refractivity contribution in [2.45, 2.75) is 245 Å². The molecule has 2 unspecified atom stereocenters. The van der Waals surface area contributed by atoms with Crippen LogP contribution in [0.2, 0.25) is 0 Å². The molecule has 0 aromatic heterocycles. The molecule has 0 amide bonds. The Morgan fingerprint density at radius 1 is 0.403 bits per heavy atom. The van der Waals surface area contributed by atoms with E-state index in [2.05, 4.69) is 135 Å². The molecule has 0 saturated heterocycles. The summed E-state index contributed by atoms with van der Waals surface area (Å²) >= 11 is 0. The van der Waals surface area contributed by atoms with Crippen molar-refractivity contribution in [1.82, 2.24) is 0 Å². The van der Waals surface area contributed by atoms with Crippen LogP contribution in [0.4, 0.5) is 0 Å². The first kappa shape index (κ1) is 72.7. The molecule has 9 nitrogen and oxygen atoms in total. The van der Waals surface area contributed by atoms with Gasteiger partial charge in [-0.1, -0.05) is 238 Å². The van der Waals surface area contributed by atoms with Gasteiger partial charge in [-0.15, -0.1) is 0 Å². The van der Waals surface area contributed by atoms with E-state index < -0.39 is 24.3 Å². The van der Waals surface area contributed by atoms with Gasteiger partial charge in [0.05, 0.1) is 40.3 Å². The molecule has 9 heteroatoms. The van der Waals surface area contributed by atoms with Gasteiger partial charge in [0, 0.05) is 12.8 Å². The molecule has 0 N–H and O–H groups in total. The van der Waals surface area contributed by atoms with Crippen molar-refractivity contribution in [3.63, 3.8) is 0 Å². The van der Waals surface area contributed by atoms with Crippen LogP contribution in [0.5, 0.6) is 0 Å². The number of ether oxygens (including phenoxy) is 4. The summed E-state index contributed by atoms with van der Waals surface area (Å²) in [5, 5.41) is 11.8. The van der Waals surface area contributed by atoms with Gasteiger partial charge in [-0.2, -0.15) is 0 Å². The number of carboxylic acids is 1. The summed E-state index contributed by atoms with van der Waals surface area (Å²) in [5.74, 6) is -2.37. The van der Waals surface area contributed by atoms with Gasteiger partial charge in [-0.05, 0) is 103 Å². The highest BCUT2D eigenvalue weighted by atomic mass is 16.7. The molecule has 0 rings (SSSR count). The molecule has 0 saturated carbocycles. The monoisotopic (exact) mass is 1070 g/mol. The topological polar surface area (TPSA) is 111 Å². The van der Waals surface area contributed by atoms with Crippen LogP contribution in [-0.2, 0) is 33.3 Å². The molecule has 77 heavy (non-hydrogen) atoms. The number of carbonyl (C=O) groups is 3. The number of carbonyl (C=O) groups excluding carboxylic acids is 3. The van der Waals surface area contributed by atoms with Gasteiger partial charge in [-0.3, -0.25) is 9.59 Å². The molecular formula is C68H113NO8. The van der Waals surface area contributed by atoms with Crippen LogP contribution in [0, 0.1) is 0 Å². The SMILES string of the molecule is CC/C=C\C/C=C\C/C=C\C/C=C\C/C=C\C/C=C\C/C=C\C/C=C\C/C=C\CCCC(=O)OC(COC(=O)CCCCCCCCCCCCC/C=C\CCCCCCCCCC)COC(OCC[N+](C)(C)C)C(=O)[O-]. The molecule has 0 bridgehead atoms. The van der Waals surface area contributed by atoms with Gasteiger partial charge in [0.1, 0.15) is 13.2 Å². The van der Waals surface area contributed by atoms with Crippen molar-refractivity contribution >= 4 is 17.9 Å². The minimum Gasteiger partial charge on any atom is -0.545 e. The molecule has 2 atom stereocenters. The molecular weight excluding hydrogens is 959 g/mol. The Kier molecular flexibility index (Phi) is 54.6. The molecule has 0 radical (unpaired) electrons. The number of rotatable bonds is 55. The molecule has 0 aliphatic heterocycles. The second kappa shape index (κ2) is 57.9. The zero-order chi connectivity index (χ0) is 56.2. The summed E-state index contributed by atoms with van der Waals surface area (Å²) in [6, 6.07) is 0. The highest BCUT2D eigenvalue weighted by Gasteiger charge is 2.22. The Labute approximate surface area is 472 Å². The highest BCUT2D eigenvalue weighted by Crippen LogP contribution is 2.15. The van der Waals surface area contributed by atoms with Crippen LogP contribution in [0.25, 0.3) is 0 Å². The first-order valence-electron chi connectivity index (χ1n) is 30.7. The van der Waals surface area contributed by atoms with Gasteiger partial charge in [0.15, 0.2) is 12.4 Å². The number of aliphatic carboxylic acids is 1. The average molecular weight is 1070 g/mol. The number of hydrogen-bond acceptors (Lipinski definition) is 8. The lowest BCUT2D eigenvalue weighted by Crippen LogP contribution is -2.44. The van der Waals surface area contributed by atoms with E-state index in [0.29, 0.717) is 23.9 Å². The number of likely N-dealkylation sites (N-methyl/N-ethyl adjacent to an activating group) is 1. The Morgan fingerprint density at radius 2 is 0.753 bits per heavy atom. The van der Waals surface area contributed by atoms with Gasteiger partial charge in [-0.25, -0.2) is 0 Å². The van der Waals surface area contributed by atoms with E-state index in [4.69, 9.17) is 18.9 Å². The quantitative estimate of drug-likeness (QED) is 0.0195. The fourth-order valence-electron chi connectivity index (χ4n) is 8.00. The lowest BCUT2D eigenvalue weighted by molar-refractivity contribution is -0.870. The van der Waals surface area contributed by atoms with E-state index in [9.17, 15) is 19.5 Å². The zero-order valence-corrected chi connectivity index (χ0v) is 49.8. The fourth-order valence-corrected chi connectivity index (χ4v) is 8.00. The van der Waals surface area contributed by atoms with Crippen molar-refractivity contribution in [3.05, 3.63) is 122 Å². The van der Waals surface area contributed by atoms with Crippen LogP contribution < -0.4 is 5.11 Å². The van der Waals surface area contributed by atoms with Crippen molar-refractivity contribution in [3.8, 4) is 0 Å². The predicted molar refractivity (Wildman–Crippen MR) is 324 cm³/mol. The van der Waals surface area contributed by atoms with E-state index in [-0.39, 0.29) is 38.6 Å². The summed E-state index contributed by atoms with van der Waals surface area (Å²) in [6.07, 6.45) is 78.3. The Hall–Kier alpha value is -4.31. The molecule has 438 valence electrons. The normalized spacial score (nSPS) is 13.6. The van der Waals surface area contributed by atoms with Gasteiger partial charge in [0.25, 0.3) is 0 Å². The smallest absolute Gasteiger partial charge is 0.306 e. The molecule has 0 aromatic carbocycles. The van der Waals surface area contributed by atoms with Crippen molar-refractivity contribution in [2.24, 2.45) is 0 Å². The maximum absolute atomic E-state index is 12.9. The number of nitrogens with zero attached hydrogens (tertiary/aromatic N) is 1. The van der Waals surface area contributed by atoms with E-state index in [0.717, 1.165) is 77.0 Å². The standard InChI is InChI=1S/C68H113NO8/c1-6-8-10-12-14-16-18-20-22-24-26-28-30-31-32-33-34-35-37-39-41-43-45-47-49-51-53-55-57-59-66(71)77-64(63-76-68(67(72)73)74-61-60-69(3,4)5)62-75-65(70)58-56-54-52-50-48-46-44-42-40-38-36-29-27-25-23-21-19-17-15-13-11-9-7-2/h8,10,14,16,20,22,25-28,31-32,34-35,39,41,45,47,51,53,64,68H,6-7,9,11-13,15,17-19,21,23-24,29-30,33,36-38,40,42-44,46,48-50,52,54-63H2,1-5H3/b10-8-,16-14-,22-20-,27-25-,28-26-,32-31-,35-34-,41-39-,47-45-,53-51-. The van der Waals surface area contributed by atoms with Crippen molar-refractivity contribution < 1.29 is 42.9 Å². The van der Waals surface area contributed by atoms with E-state index in [1.807, 2.05) is 21.1 Å². The molecule has 0 fully saturated rings. The fraction of sp³-hybridized carbons (Fsp3) is 0.662. The lowest BCUT2D eigenvalue weighted by Gasteiger charge is -2.26. The van der Waals surface area contributed by atoms with Gasteiger partial charge < -0.3 is 33.3 Å². The minimum absolute atomic E-state index is 0.130. The number of esters is 2. The van der Waals surface area contributed by atoms with Crippen LogP contribution in [0.1, 0.15) is 232 Å². The molecule has 0 aliphatic rings. The van der Waals surface area contributed by atoms with E-state index in [1.54, 1.807) is 0 Å². The van der Waals surface area contributed by atoms with Crippen molar-refractivity contribution in [1.29, 1.82) is 0 Å². The molecule has 0 spiro atoms. The third-order valence-electron chi connectivity index (χ3n) is 12.7. The Bertz CT molecular complexity index is 1670. The van der Waals surface area contributed by atoms with Crippen LogP contribution in [-0.4, -0.2) is 82.3 Å². The third-order valence-corrected chi connectivity index (χ3v) is 12.7. The number of unbranched alkanes of at least 4 members (excludes halogenated alkanes) is 20. The second-order valence-corrected chi connectivity index (χ2v) is 21.3. The maximum Gasteiger partial charge on any atom is 0.306 e. The largest absolute Gasteiger partial charge is 0.545 e. The summed E-state index contributed by atoms with van der Waals surface area (Å²) < 4.78 is 22.6. The molecule has 0 aliphatic carbocycles. The number of allylic oxidation sites excluding steroid dienone is 20. The van der Waals surface area contributed by atoms with Gasteiger partial charge in [0.2, 0.25) is 0 Å². The first-order chi connectivity index (χ1) is 37.6. The lowest BCUT2D eigenvalue weighted by atomic mass is 10.0. The summed E-state index contributed by atoms with van der Waals surface area (Å²) in [7, 11) is 5.90. The van der Waals surface area contributed by atoms with E-state index in [1.165, 1.54) is 116 Å². The Morgan fingerprint density at radius 3 is 1.16 bits per heavy atom. The van der Waals surface area contributed by atoms with Crippen molar-refractivity contribution in [2.75, 3.05) is 47.5 Å². The molecule has 0 aromatic rings. The summed E-state index contributed by atoms with van der Waals surface area (Å²) in [4.78, 5) is 37.3. The van der Waals surface area contributed by atoms with Gasteiger partial charge >= 0.3 is 11.9 Å². The maximum atomic E-state index is 12.9. The first-order valence-corrected chi connectivity index (χ1v) is 30.7. The predicted octanol–water partition coefficient (Wildman–Crippen LogP) is 17.1. The summed E-state index contributed by atoms with van der Waals surface area (Å²) in [6.45, 7) is 4.56. The van der Waals surface area contributed by atoms with E-state index >= 15 is 0 Å². The average Bonchev–Trinajstić information content (AvgIpc) is 3.40. The third kappa shape index (κ3) is 59.2. The second-order valence-electron chi connectivity index (χ2n) is 21.3. The van der Waals surface area contributed by atoms with Crippen LogP contribution >= 0.6 is 0 Å². The highest BCUT2D eigenvalue weighted by molar-refractivity contribution is 5.70. The molecule has 0 heterocycles.